The second-order valence-corrected chi connectivity index (χ2v) is 6.17. The molecule has 3 nitrogen and oxygen atoms in total. The van der Waals surface area contributed by atoms with Crippen molar-refractivity contribution >= 4 is 5.91 Å². The van der Waals surface area contributed by atoms with E-state index in [0.29, 0.717) is 23.8 Å². The van der Waals surface area contributed by atoms with Crippen molar-refractivity contribution in [3.05, 3.63) is 0 Å². The van der Waals surface area contributed by atoms with Gasteiger partial charge in [-0.05, 0) is 24.7 Å². The highest BCUT2D eigenvalue weighted by Crippen LogP contribution is 2.26. The van der Waals surface area contributed by atoms with Crippen LogP contribution >= 0.6 is 0 Å². The largest absolute Gasteiger partial charge is 0.323 e. The minimum Gasteiger partial charge on any atom is -0.323 e. The number of nitrogens with one attached hydrogen (secondary N) is 1. The maximum atomic E-state index is 12.6. The lowest BCUT2D eigenvalue weighted by Gasteiger charge is -2.34. The topological polar surface area (TPSA) is 32.3 Å². The van der Waals surface area contributed by atoms with Crippen molar-refractivity contribution in [1.29, 1.82) is 0 Å². The highest BCUT2D eigenvalue weighted by atomic mass is 16.2. The first-order valence-corrected chi connectivity index (χ1v) is 7.52. The molecule has 0 aliphatic carbocycles. The molecule has 106 valence electrons. The van der Waals surface area contributed by atoms with Gasteiger partial charge in [-0.3, -0.25) is 10.1 Å². The first kappa shape index (κ1) is 15.5. The quantitative estimate of drug-likeness (QED) is 0.790. The van der Waals surface area contributed by atoms with E-state index in [1.807, 2.05) is 0 Å². The lowest BCUT2D eigenvalue weighted by Crippen LogP contribution is -2.47. The highest BCUT2D eigenvalue weighted by molar-refractivity contribution is 5.85. The second kappa shape index (κ2) is 6.55. The summed E-state index contributed by atoms with van der Waals surface area (Å²) in [5.74, 6) is 1.13. The molecule has 1 saturated heterocycles. The van der Waals surface area contributed by atoms with Gasteiger partial charge in [-0.15, -0.1) is 0 Å². The number of rotatable bonds is 6. The molecule has 1 heterocycles. The molecule has 0 bridgehead atoms. The summed E-state index contributed by atoms with van der Waals surface area (Å²) in [7, 11) is 0. The molecule has 0 aromatic rings. The maximum Gasteiger partial charge on any atom is 0.241 e. The normalized spacial score (nSPS) is 26.4. The van der Waals surface area contributed by atoms with Crippen molar-refractivity contribution in [1.82, 2.24) is 10.2 Å². The van der Waals surface area contributed by atoms with Gasteiger partial charge in [0.15, 0.2) is 0 Å². The van der Waals surface area contributed by atoms with Crippen LogP contribution in [0.5, 0.6) is 0 Å². The minimum absolute atomic E-state index is 0.00306. The van der Waals surface area contributed by atoms with Crippen LogP contribution in [0, 0.1) is 11.8 Å². The Bertz CT molecular complexity index is 276. The van der Waals surface area contributed by atoms with Crippen LogP contribution in [0.25, 0.3) is 0 Å². The van der Waals surface area contributed by atoms with E-state index in [4.69, 9.17) is 0 Å². The number of carbonyl (C=O) groups excluding carboxylic acids is 1. The summed E-state index contributed by atoms with van der Waals surface area (Å²) in [6.07, 6.45) is 3.51. The molecule has 0 spiro atoms. The number of carbonyl (C=O) groups is 1. The lowest BCUT2D eigenvalue weighted by atomic mass is 10.0. The van der Waals surface area contributed by atoms with Gasteiger partial charge in [-0.25, -0.2) is 0 Å². The average Bonchev–Trinajstić information content (AvgIpc) is 2.64. The average molecular weight is 254 g/mol. The molecule has 1 N–H and O–H groups in total. The number of hydrogen-bond donors (Lipinski definition) is 1. The molecule has 1 rings (SSSR count). The number of nitrogens with zero attached hydrogens (tertiary/aromatic N) is 1. The molecule has 0 radical (unpaired) electrons. The van der Waals surface area contributed by atoms with Gasteiger partial charge in [-0.1, -0.05) is 48.0 Å². The molecular weight excluding hydrogens is 224 g/mol. The molecule has 0 saturated carbocycles. The van der Waals surface area contributed by atoms with Crippen LogP contribution in [0.2, 0.25) is 0 Å². The smallest absolute Gasteiger partial charge is 0.241 e. The summed E-state index contributed by atoms with van der Waals surface area (Å²) in [6.45, 7) is 13.0. The van der Waals surface area contributed by atoms with Crippen molar-refractivity contribution < 1.29 is 4.79 Å². The summed E-state index contributed by atoms with van der Waals surface area (Å²) in [5.41, 5.74) is 0. The Balaban J connectivity index is 2.92. The fourth-order valence-electron chi connectivity index (χ4n) is 2.90. The summed E-state index contributed by atoms with van der Waals surface area (Å²) in [4.78, 5) is 14.7. The molecule has 3 heteroatoms. The molecule has 0 aromatic heterocycles. The maximum absolute atomic E-state index is 12.6. The van der Waals surface area contributed by atoms with Gasteiger partial charge in [0.1, 0.15) is 0 Å². The molecule has 1 aliphatic rings. The van der Waals surface area contributed by atoms with Crippen LogP contribution in [-0.2, 0) is 4.79 Å². The predicted octanol–water partition coefficient (Wildman–Crippen LogP) is 3.00. The van der Waals surface area contributed by atoms with E-state index in [1.165, 1.54) is 0 Å². The molecular formula is C15H30N2O. The van der Waals surface area contributed by atoms with Crippen LogP contribution in [0.15, 0.2) is 0 Å². The van der Waals surface area contributed by atoms with E-state index in [2.05, 4.69) is 51.8 Å². The Hall–Kier alpha value is -0.570. The molecule has 1 aliphatic heterocycles. The standard InChI is InChI=1S/C15H30N2O/c1-7-9-12(8-2)17-14(11(5)6)16-13(10(3)4)15(17)18/h10-14,16H,7-9H2,1-6H3. The fraction of sp³-hybridized carbons (Fsp3) is 0.933. The molecule has 1 fully saturated rings. The first-order chi connectivity index (χ1) is 8.43. The third kappa shape index (κ3) is 3.05. The van der Waals surface area contributed by atoms with Crippen molar-refractivity contribution in [3.8, 4) is 0 Å². The van der Waals surface area contributed by atoms with Crippen LogP contribution in [-0.4, -0.2) is 29.1 Å². The van der Waals surface area contributed by atoms with Crippen LogP contribution in [0.1, 0.15) is 60.8 Å². The van der Waals surface area contributed by atoms with Gasteiger partial charge in [0.25, 0.3) is 0 Å². The third-order valence-electron chi connectivity index (χ3n) is 3.96. The number of amides is 1. The van der Waals surface area contributed by atoms with Gasteiger partial charge in [0, 0.05) is 6.04 Å². The Morgan fingerprint density at radius 3 is 2.17 bits per heavy atom. The fourth-order valence-corrected chi connectivity index (χ4v) is 2.90. The van der Waals surface area contributed by atoms with Gasteiger partial charge in [0.05, 0.1) is 12.2 Å². The zero-order valence-electron chi connectivity index (χ0n) is 12.9. The Morgan fingerprint density at radius 1 is 1.17 bits per heavy atom. The zero-order chi connectivity index (χ0) is 13.9. The van der Waals surface area contributed by atoms with E-state index in [-0.39, 0.29) is 12.2 Å². The zero-order valence-corrected chi connectivity index (χ0v) is 12.9. The van der Waals surface area contributed by atoms with Gasteiger partial charge in [-0.2, -0.15) is 0 Å². The third-order valence-corrected chi connectivity index (χ3v) is 3.96. The van der Waals surface area contributed by atoms with Gasteiger partial charge >= 0.3 is 0 Å². The van der Waals surface area contributed by atoms with Crippen LogP contribution in [0.4, 0.5) is 0 Å². The number of hydrogen-bond acceptors (Lipinski definition) is 2. The van der Waals surface area contributed by atoms with Crippen molar-refractivity contribution in [2.45, 2.75) is 79.1 Å². The SMILES string of the molecule is CCCC(CC)N1C(=O)C(C(C)C)NC1C(C)C. The molecule has 1 amide bonds. The Morgan fingerprint density at radius 2 is 1.78 bits per heavy atom. The van der Waals surface area contributed by atoms with Crippen LogP contribution < -0.4 is 5.32 Å². The molecule has 3 unspecified atom stereocenters. The molecule has 18 heavy (non-hydrogen) atoms. The van der Waals surface area contributed by atoms with E-state index >= 15 is 0 Å². The summed E-state index contributed by atoms with van der Waals surface area (Å²) in [6, 6.07) is 0.398. The van der Waals surface area contributed by atoms with E-state index in [1.54, 1.807) is 0 Å². The lowest BCUT2D eigenvalue weighted by molar-refractivity contribution is -0.133. The van der Waals surface area contributed by atoms with Gasteiger partial charge < -0.3 is 4.90 Å². The van der Waals surface area contributed by atoms with Crippen molar-refractivity contribution in [2.24, 2.45) is 11.8 Å². The summed E-state index contributed by atoms with van der Waals surface area (Å²) < 4.78 is 0. The molecule has 0 aromatic carbocycles. The van der Waals surface area contributed by atoms with Gasteiger partial charge in [0.2, 0.25) is 5.91 Å². The second-order valence-electron chi connectivity index (χ2n) is 6.17. The monoisotopic (exact) mass is 254 g/mol. The first-order valence-electron chi connectivity index (χ1n) is 7.52. The summed E-state index contributed by atoms with van der Waals surface area (Å²) in [5, 5.41) is 3.54. The summed E-state index contributed by atoms with van der Waals surface area (Å²) >= 11 is 0. The van der Waals surface area contributed by atoms with E-state index in [9.17, 15) is 4.79 Å². The van der Waals surface area contributed by atoms with E-state index < -0.39 is 0 Å². The van der Waals surface area contributed by atoms with Crippen LogP contribution in [0.3, 0.4) is 0 Å². The Labute approximate surface area is 112 Å². The highest BCUT2D eigenvalue weighted by Gasteiger charge is 2.43. The minimum atomic E-state index is 0.00306. The van der Waals surface area contributed by atoms with Crippen molar-refractivity contribution in [3.63, 3.8) is 0 Å². The Kier molecular flexibility index (Phi) is 5.64. The van der Waals surface area contributed by atoms with Crippen molar-refractivity contribution in [2.75, 3.05) is 0 Å². The predicted molar refractivity (Wildman–Crippen MR) is 76.2 cm³/mol. The molecule has 3 atom stereocenters. The van der Waals surface area contributed by atoms with E-state index in [0.717, 1.165) is 19.3 Å².